The van der Waals surface area contributed by atoms with Crippen LogP contribution < -0.4 is 20.5 Å². The van der Waals surface area contributed by atoms with Gasteiger partial charge in [0.1, 0.15) is 12.1 Å². The van der Waals surface area contributed by atoms with E-state index in [9.17, 15) is 26.4 Å². The number of nitrogens with two attached hydrogens (primary N) is 1. The third kappa shape index (κ3) is 7.74. The molecule has 1 aromatic carbocycles. The summed E-state index contributed by atoms with van der Waals surface area (Å²) in [5.41, 5.74) is -0.424. The molecule has 2 rings (SSSR count). The minimum atomic E-state index is -4.10. The van der Waals surface area contributed by atoms with Crippen LogP contribution >= 0.6 is 11.3 Å². The van der Waals surface area contributed by atoms with Gasteiger partial charge in [-0.1, -0.05) is 11.3 Å². The minimum Gasteiger partial charge on any atom is -0.444 e. The van der Waals surface area contributed by atoms with E-state index >= 15 is 0 Å². The predicted octanol–water partition coefficient (Wildman–Crippen LogP) is 0.450. The van der Waals surface area contributed by atoms with Crippen LogP contribution in [0.5, 0.6) is 0 Å². The van der Waals surface area contributed by atoms with Crippen molar-refractivity contribution in [3.8, 4) is 0 Å². The average Bonchev–Trinajstić information content (AvgIpc) is 3.07. The summed E-state index contributed by atoms with van der Waals surface area (Å²) in [6.45, 7) is 4.70. The van der Waals surface area contributed by atoms with E-state index in [1.807, 2.05) is 0 Å². The first-order valence-corrected chi connectivity index (χ1v) is 12.3. The molecule has 0 spiro atoms. The lowest BCUT2D eigenvalue weighted by Crippen LogP contribution is -2.37. The van der Waals surface area contributed by atoms with E-state index in [-0.39, 0.29) is 22.3 Å². The maximum Gasteiger partial charge on any atom is 0.408 e. The first kappa shape index (κ1) is 24.4. The Hall–Kier alpha value is -2.82. The molecule has 0 atom stereocenters. The predicted molar refractivity (Wildman–Crippen MR) is 111 cm³/mol. The number of hydrogen-bond acceptors (Lipinski definition) is 10. The number of carbonyl (C=O) groups excluding carboxylic acids is 2. The number of ether oxygens (including phenoxy) is 1. The zero-order chi connectivity index (χ0) is 23.4. The second kappa shape index (κ2) is 9.13. The van der Waals surface area contributed by atoms with Crippen molar-refractivity contribution < 1.29 is 31.2 Å². The number of amides is 2. The Bertz CT molecular complexity index is 1170. The Morgan fingerprint density at radius 3 is 2.23 bits per heavy atom. The van der Waals surface area contributed by atoms with Crippen molar-refractivity contribution >= 4 is 54.2 Å². The number of benzene rings is 1. The van der Waals surface area contributed by atoms with Gasteiger partial charge in [0.15, 0.2) is 0 Å². The molecular weight excluding hydrogens is 472 g/mol. The molecule has 0 aliphatic heterocycles. The largest absolute Gasteiger partial charge is 0.444 e. The summed E-state index contributed by atoms with van der Waals surface area (Å²) < 4.78 is 53.7. The Morgan fingerprint density at radius 2 is 1.71 bits per heavy atom. The fraction of sp³-hybridized carbons (Fsp3) is 0.333. The van der Waals surface area contributed by atoms with Gasteiger partial charge in [-0.05, 0) is 45.0 Å². The van der Waals surface area contributed by atoms with Gasteiger partial charge in [-0.25, -0.2) is 26.8 Å². The van der Waals surface area contributed by atoms with E-state index in [2.05, 4.69) is 25.6 Å². The Balaban J connectivity index is 1.96. The molecule has 16 heteroatoms. The normalized spacial score (nSPS) is 12.1. The zero-order valence-corrected chi connectivity index (χ0v) is 19.0. The van der Waals surface area contributed by atoms with Crippen LogP contribution in [0.25, 0.3) is 0 Å². The number of alkyl carbamates (subject to hydrolysis) is 1. The van der Waals surface area contributed by atoms with Crippen molar-refractivity contribution in [3.63, 3.8) is 0 Å². The molecule has 0 bridgehead atoms. The first-order valence-electron chi connectivity index (χ1n) is 8.42. The van der Waals surface area contributed by atoms with Crippen molar-refractivity contribution in [3.05, 3.63) is 24.3 Å². The average molecular weight is 493 g/mol. The molecule has 0 saturated heterocycles. The number of aromatic nitrogens is 2. The minimum absolute atomic E-state index is 0.176. The summed E-state index contributed by atoms with van der Waals surface area (Å²) in [5.74, 6) is -0.552. The summed E-state index contributed by atoms with van der Waals surface area (Å²) in [5, 5.41) is 16.1. The zero-order valence-electron chi connectivity index (χ0n) is 16.6. The summed E-state index contributed by atoms with van der Waals surface area (Å²) in [4.78, 5) is 23.3. The van der Waals surface area contributed by atoms with Gasteiger partial charge < -0.3 is 15.4 Å². The number of nitrogens with zero attached hydrogens (tertiary/aromatic N) is 2. The van der Waals surface area contributed by atoms with Gasteiger partial charge in [0, 0.05) is 5.69 Å². The van der Waals surface area contributed by atoms with Crippen LogP contribution in [0.1, 0.15) is 20.8 Å². The Morgan fingerprint density at radius 1 is 1.10 bits per heavy atom. The van der Waals surface area contributed by atoms with E-state index in [0.717, 1.165) is 0 Å². The number of primary sulfonamides is 1. The third-order valence-corrected chi connectivity index (χ3v) is 6.74. The van der Waals surface area contributed by atoms with Crippen LogP contribution in [0.3, 0.4) is 0 Å². The molecule has 1 heterocycles. The van der Waals surface area contributed by atoms with Crippen LogP contribution in [-0.2, 0) is 29.6 Å². The molecule has 2 amide bonds. The van der Waals surface area contributed by atoms with Gasteiger partial charge in [0.25, 0.3) is 20.0 Å². The quantitative estimate of drug-likeness (QED) is 0.423. The van der Waals surface area contributed by atoms with Gasteiger partial charge in [0.2, 0.25) is 15.4 Å². The molecular formula is C15H20N6O7S3. The third-order valence-electron chi connectivity index (χ3n) is 3.11. The monoisotopic (exact) mass is 492 g/mol. The molecule has 2 aromatic rings. The highest BCUT2D eigenvalue weighted by atomic mass is 32.2. The SMILES string of the molecule is CC(C)(C)OC(=O)NCC(=O)Nc1ccc(S(=O)(=O)Nc2nnc(S(N)(=O)=O)s2)cc1. The lowest BCUT2D eigenvalue weighted by Gasteiger charge is -2.19. The molecule has 31 heavy (non-hydrogen) atoms. The highest BCUT2D eigenvalue weighted by Crippen LogP contribution is 2.22. The Kier molecular flexibility index (Phi) is 7.20. The highest BCUT2D eigenvalue weighted by Gasteiger charge is 2.21. The van der Waals surface area contributed by atoms with Gasteiger partial charge in [-0.2, -0.15) is 0 Å². The summed E-state index contributed by atoms with van der Waals surface area (Å²) in [7, 11) is -8.20. The standard InChI is InChI=1S/C15H20N6O7S3/c1-15(2,3)28-13(23)17-8-11(22)18-9-4-6-10(7-5-9)31(26,27)21-12-19-20-14(29-12)30(16,24)25/h4-7H,8H2,1-3H3,(H,17,23)(H,18,22)(H,19,21)(H2,16,24,25). The molecule has 0 aliphatic carbocycles. The van der Waals surface area contributed by atoms with Gasteiger partial charge in [-0.3, -0.25) is 9.52 Å². The van der Waals surface area contributed by atoms with Crippen molar-refractivity contribution in [2.45, 2.75) is 35.6 Å². The summed E-state index contributed by atoms with van der Waals surface area (Å²) >= 11 is 0.457. The van der Waals surface area contributed by atoms with Gasteiger partial charge in [-0.15, -0.1) is 10.2 Å². The van der Waals surface area contributed by atoms with E-state index in [1.165, 1.54) is 24.3 Å². The topological polar surface area (TPSA) is 200 Å². The lowest BCUT2D eigenvalue weighted by molar-refractivity contribution is -0.115. The van der Waals surface area contributed by atoms with E-state index in [0.29, 0.717) is 11.3 Å². The number of nitrogens with one attached hydrogen (secondary N) is 3. The van der Waals surface area contributed by atoms with Crippen LogP contribution in [0.4, 0.5) is 15.6 Å². The smallest absolute Gasteiger partial charge is 0.408 e. The number of carbonyl (C=O) groups is 2. The van der Waals surface area contributed by atoms with E-state index in [4.69, 9.17) is 9.88 Å². The summed E-state index contributed by atoms with van der Waals surface area (Å²) in [6.07, 6.45) is -0.752. The fourth-order valence-corrected chi connectivity index (χ4v) is 4.49. The van der Waals surface area contributed by atoms with Crippen molar-refractivity contribution in [1.29, 1.82) is 0 Å². The second-order valence-corrected chi connectivity index (χ2v) is 11.3. The van der Waals surface area contributed by atoms with Gasteiger partial charge >= 0.3 is 6.09 Å². The molecule has 0 unspecified atom stereocenters. The molecule has 0 aliphatic rings. The second-order valence-electron chi connectivity index (χ2n) is 6.95. The number of rotatable bonds is 7. The summed E-state index contributed by atoms with van der Waals surface area (Å²) in [6, 6.07) is 5.08. The van der Waals surface area contributed by atoms with Crippen LogP contribution in [0.15, 0.2) is 33.5 Å². The van der Waals surface area contributed by atoms with Crippen LogP contribution in [0.2, 0.25) is 0 Å². The molecule has 5 N–H and O–H groups in total. The maximum absolute atomic E-state index is 12.4. The van der Waals surface area contributed by atoms with Crippen molar-refractivity contribution in [1.82, 2.24) is 15.5 Å². The van der Waals surface area contributed by atoms with E-state index < -0.39 is 42.0 Å². The molecule has 0 saturated carbocycles. The van der Waals surface area contributed by atoms with Crippen LogP contribution in [0, 0.1) is 0 Å². The molecule has 13 nitrogen and oxygen atoms in total. The van der Waals surface area contributed by atoms with Crippen LogP contribution in [-0.4, -0.2) is 51.2 Å². The molecule has 0 fully saturated rings. The van der Waals surface area contributed by atoms with Crippen molar-refractivity contribution in [2.75, 3.05) is 16.6 Å². The van der Waals surface area contributed by atoms with Gasteiger partial charge in [0.05, 0.1) is 4.90 Å². The number of sulfonamides is 2. The maximum atomic E-state index is 12.4. The molecule has 1 aromatic heterocycles. The lowest BCUT2D eigenvalue weighted by atomic mass is 10.2. The molecule has 0 radical (unpaired) electrons. The Labute approximate surface area is 182 Å². The number of hydrogen-bond donors (Lipinski definition) is 4. The molecule has 170 valence electrons. The fourth-order valence-electron chi connectivity index (χ4n) is 1.93. The van der Waals surface area contributed by atoms with Crippen molar-refractivity contribution in [2.24, 2.45) is 5.14 Å². The first-order chi connectivity index (χ1) is 14.2. The van der Waals surface area contributed by atoms with E-state index in [1.54, 1.807) is 20.8 Å². The number of anilines is 2. The highest BCUT2D eigenvalue weighted by molar-refractivity contribution is 7.93.